The summed E-state index contributed by atoms with van der Waals surface area (Å²) in [5.74, 6) is 0.149. The van der Waals surface area contributed by atoms with Gasteiger partial charge in [0, 0.05) is 11.6 Å². The molecule has 5 rings (SSSR count). The van der Waals surface area contributed by atoms with Gasteiger partial charge in [-0.2, -0.15) is 0 Å². The highest BCUT2D eigenvalue weighted by atomic mass is 32.1. The number of hydrogen-bond donors (Lipinski definition) is 0. The number of carbonyl (C=O) groups is 2. The summed E-state index contributed by atoms with van der Waals surface area (Å²) in [7, 11) is 0. The highest BCUT2D eigenvalue weighted by Crippen LogP contribution is 2.50. The average molecular weight is 260 g/mol. The molecule has 2 fully saturated rings. The van der Waals surface area contributed by atoms with Gasteiger partial charge >= 0.3 is 0 Å². The van der Waals surface area contributed by atoms with Crippen molar-refractivity contribution in [2.75, 3.05) is 4.90 Å². The first-order valence-electron chi connectivity index (χ1n) is 6.23. The van der Waals surface area contributed by atoms with Crippen LogP contribution in [0.4, 0.5) is 5.13 Å². The Morgan fingerprint density at radius 1 is 1.11 bits per heavy atom. The molecule has 3 aliphatic carbocycles. The molecule has 1 aliphatic heterocycles. The number of imide groups is 1. The molecule has 2 heterocycles. The third-order valence-electron chi connectivity index (χ3n) is 4.37. The van der Waals surface area contributed by atoms with Gasteiger partial charge in [0.25, 0.3) is 0 Å². The van der Waals surface area contributed by atoms with E-state index in [2.05, 4.69) is 17.1 Å². The molecule has 0 aromatic carbocycles. The van der Waals surface area contributed by atoms with Crippen molar-refractivity contribution in [3.8, 4) is 0 Å². The Labute approximate surface area is 108 Å². The monoisotopic (exact) mass is 260 g/mol. The van der Waals surface area contributed by atoms with E-state index in [0.717, 1.165) is 12.8 Å². The fourth-order valence-electron chi connectivity index (χ4n) is 3.59. The number of thiazole rings is 1. The Bertz CT molecular complexity index is 519. The van der Waals surface area contributed by atoms with E-state index in [1.54, 1.807) is 11.6 Å². The molecule has 1 aromatic rings. The topological polar surface area (TPSA) is 50.3 Å². The Kier molecular flexibility index (Phi) is 2.03. The van der Waals surface area contributed by atoms with Crippen LogP contribution >= 0.6 is 11.3 Å². The van der Waals surface area contributed by atoms with Crippen LogP contribution in [-0.4, -0.2) is 16.8 Å². The summed E-state index contributed by atoms with van der Waals surface area (Å²) >= 11 is 1.35. The Morgan fingerprint density at radius 2 is 1.72 bits per heavy atom. The molecule has 2 amide bonds. The van der Waals surface area contributed by atoms with Crippen molar-refractivity contribution >= 4 is 28.3 Å². The van der Waals surface area contributed by atoms with Crippen molar-refractivity contribution in [1.29, 1.82) is 0 Å². The maximum Gasteiger partial charge on any atom is 0.240 e. The number of rotatable bonds is 1. The van der Waals surface area contributed by atoms with E-state index < -0.39 is 0 Å². The zero-order valence-electron chi connectivity index (χ0n) is 9.65. The molecule has 4 nitrogen and oxygen atoms in total. The predicted molar refractivity (Wildman–Crippen MR) is 66.9 cm³/mol. The summed E-state index contributed by atoms with van der Waals surface area (Å²) in [5, 5.41) is 2.32. The molecular formula is C13H12N2O2S. The second-order valence-electron chi connectivity index (χ2n) is 5.17. The Morgan fingerprint density at radius 3 is 2.17 bits per heavy atom. The van der Waals surface area contributed by atoms with Gasteiger partial charge < -0.3 is 0 Å². The van der Waals surface area contributed by atoms with Gasteiger partial charge in [0.15, 0.2) is 5.13 Å². The molecule has 18 heavy (non-hydrogen) atoms. The molecule has 1 saturated carbocycles. The molecule has 0 radical (unpaired) electrons. The molecule has 0 unspecified atom stereocenters. The number of amides is 2. The summed E-state index contributed by atoms with van der Waals surface area (Å²) in [6, 6.07) is 0. The van der Waals surface area contributed by atoms with Crippen LogP contribution in [0.25, 0.3) is 0 Å². The largest absolute Gasteiger partial charge is 0.274 e. The molecule has 4 aliphatic rings. The summed E-state index contributed by atoms with van der Waals surface area (Å²) < 4.78 is 0. The first-order valence-corrected chi connectivity index (χ1v) is 7.11. The minimum Gasteiger partial charge on any atom is -0.274 e. The molecule has 2 bridgehead atoms. The molecule has 1 saturated heterocycles. The van der Waals surface area contributed by atoms with Gasteiger partial charge in [-0.25, -0.2) is 9.88 Å². The lowest BCUT2D eigenvalue weighted by atomic mass is 9.63. The number of allylic oxidation sites excluding steroid dienone is 2. The van der Waals surface area contributed by atoms with Gasteiger partial charge in [0.1, 0.15) is 0 Å². The third kappa shape index (κ3) is 1.17. The van der Waals surface area contributed by atoms with Crippen molar-refractivity contribution in [2.24, 2.45) is 23.7 Å². The highest BCUT2D eigenvalue weighted by molar-refractivity contribution is 7.14. The van der Waals surface area contributed by atoms with Gasteiger partial charge in [-0.15, -0.1) is 11.3 Å². The number of aromatic nitrogens is 1. The molecule has 0 N–H and O–H groups in total. The van der Waals surface area contributed by atoms with E-state index in [-0.39, 0.29) is 35.5 Å². The molecule has 1 aromatic heterocycles. The van der Waals surface area contributed by atoms with E-state index in [1.807, 2.05) is 0 Å². The summed E-state index contributed by atoms with van der Waals surface area (Å²) in [6.45, 7) is 0. The predicted octanol–water partition coefficient (Wildman–Crippen LogP) is 1.84. The van der Waals surface area contributed by atoms with E-state index in [4.69, 9.17) is 0 Å². The fraction of sp³-hybridized carbons (Fsp3) is 0.462. The quantitative estimate of drug-likeness (QED) is 0.572. The van der Waals surface area contributed by atoms with Gasteiger partial charge in [0.05, 0.1) is 11.8 Å². The summed E-state index contributed by atoms with van der Waals surface area (Å²) in [5.41, 5.74) is 0. The normalized spacial score (nSPS) is 37.4. The Hall–Kier alpha value is -1.49. The lowest BCUT2D eigenvalue weighted by molar-refractivity contribution is -0.124. The van der Waals surface area contributed by atoms with Crippen LogP contribution in [0.5, 0.6) is 0 Å². The SMILES string of the molecule is O=C1[C@@H]2[C@@H](C(=O)N1c1nccs1)[C@@H]1C=C[C@@H]2CC1. The number of carbonyl (C=O) groups excluding carboxylic acids is 2. The van der Waals surface area contributed by atoms with Crippen molar-refractivity contribution < 1.29 is 9.59 Å². The minimum absolute atomic E-state index is 0.0426. The smallest absolute Gasteiger partial charge is 0.240 e. The second-order valence-corrected chi connectivity index (χ2v) is 6.04. The maximum atomic E-state index is 12.5. The van der Waals surface area contributed by atoms with Crippen LogP contribution < -0.4 is 4.90 Å². The van der Waals surface area contributed by atoms with Crippen molar-refractivity contribution in [1.82, 2.24) is 4.98 Å². The van der Waals surface area contributed by atoms with Crippen LogP contribution in [0.1, 0.15) is 12.8 Å². The lowest BCUT2D eigenvalue weighted by Crippen LogP contribution is -2.38. The van der Waals surface area contributed by atoms with E-state index in [0.29, 0.717) is 5.13 Å². The standard InChI is InChI=1S/C13H12N2O2S/c16-11-9-7-1-2-8(4-3-7)10(9)12(17)15(11)13-14-5-6-18-13/h1-2,5-10H,3-4H2/t7-,8-,9+,10+/m1/s1. The van der Waals surface area contributed by atoms with Crippen molar-refractivity contribution in [3.63, 3.8) is 0 Å². The Balaban J connectivity index is 1.79. The second kappa shape index (κ2) is 3.51. The molecule has 92 valence electrons. The average Bonchev–Trinajstić information content (AvgIpc) is 3.00. The summed E-state index contributed by atoms with van der Waals surface area (Å²) in [4.78, 5) is 30.4. The molecule has 5 heteroatoms. The van der Waals surface area contributed by atoms with Crippen LogP contribution in [0.2, 0.25) is 0 Å². The van der Waals surface area contributed by atoms with Crippen LogP contribution in [0, 0.1) is 23.7 Å². The van der Waals surface area contributed by atoms with Crippen molar-refractivity contribution in [2.45, 2.75) is 12.8 Å². The van der Waals surface area contributed by atoms with E-state index >= 15 is 0 Å². The zero-order valence-corrected chi connectivity index (χ0v) is 10.5. The number of fused-ring (bicyclic) bond motifs is 1. The number of nitrogens with zero attached hydrogens (tertiary/aromatic N) is 2. The highest BCUT2D eigenvalue weighted by Gasteiger charge is 2.57. The summed E-state index contributed by atoms with van der Waals surface area (Å²) in [6.07, 6.45) is 7.97. The van der Waals surface area contributed by atoms with Gasteiger partial charge in [-0.1, -0.05) is 12.2 Å². The first-order chi connectivity index (χ1) is 8.77. The zero-order chi connectivity index (χ0) is 12.3. The third-order valence-corrected chi connectivity index (χ3v) is 5.13. The number of hydrogen-bond acceptors (Lipinski definition) is 4. The maximum absolute atomic E-state index is 12.5. The molecule has 0 spiro atoms. The minimum atomic E-state index is -0.134. The van der Waals surface area contributed by atoms with Crippen LogP contribution in [0.15, 0.2) is 23.7 Å². The molecule has 4 atom stereocenters. The van der Waals surface area contributed by atoms with Crippen molar-refractivity contribution in [3.05, 3.63) is 23.7 Å². The van der Waals surface area contributed by atoms with E-state index in [1.165, 1.54) is 16.2 Å². The first kappa shape index (κ1) is 10.4. The van der Waals surface area contributed by atoms with E-state index in [9.17, 15) is 9.59 Å². The van der Waals surface area contributed by atoms with Crippen LogP contribution in [-0.2, 0) is 9.59 Å². The van der Waals surface area contributed by atoms with Crippen LogP contribution in [0.3, 0.4) is 0 Å². The lowest BCUT2D eigenvalue weighted by Gasteiger charge is -2.38. The number of anilines is 1. The van der Waals surface area contributed by atoms with Gasteiger partial charge in [0.2, 0.25) is 11.8 Å². The van der Waals surface area contributed by atoms with Gasteiger partial charge in [-0.3, -0.25) is 9.59 Å². The fourth-order valence-corrected chi connectivity index (χ4v) is 4.24. The molecular weight excluding hydrogens is 248 g/mol. The van der Waals surface area contributed by atoms with Gasteiger partial charge in [-0.05, 0) is 24.7 Å².